The molecule has 2 aromatic rings. The molecule has 3 heterocycles. The van der Waals surface area contributed by atoms with Crippen molar-refractivity contribution in [2.45, 2.75) is 45.2 Å². The highest BCUT2D eigenvalue weighted by Crippen LogP contribution is 2.41. The van der Waals surface area contributed by atoms with Gasteiger partial charge in [-0.15, -0.1) is 0 Å². The Balaban J connectivity index is 1.57. The lowest BCUT2D eigenvalue weighted by Crippen LogP contribution is -2.39. The van der Waals surface area contributed by atoms with Crippen LogP contribution in [-0.2, 0) is 11.0 Å². The molecule has 1 saturated carbocycles. The minimum Gasteiger partial charge on any atom is -0.342 e. The third-order valence-corrected chi connectivity index (χ3v) is 5.59. The number of rotatable bonds is 2. The monoisotopic (exact) mass is 367 g/mol. The number of carbonyl (C=O) groups excluding carboxylic acids is 1. The van der Waals surface area contributed by atoms with E-state index < -0.39 is 11.7 Å². The van der Waals surface area contributed by atoms with Crippen LogP contribution in [0.5, 0.6) is 0 Å². The van der Waals surface area contributed by atoms with E-state index in [1.54, 1.807) is 0 Å². The lowest BCUT2D eigenvalue weighted by Gasteiger charge is -2.32. The lowest BCUT2D eigenvalue weighted by molar-refractivity contribution is -0.136. The Morgan fingerprint density at radius 1 is 1.31 bits per heavy atom. The minimum atomic E-state index is -4.50. The van der Waals surface area contributed by atoms with Crippen molar-refractivity contribution >= 4 is 17.0 Å². The molecule has 5 nitrogen and oxygen atoms in total. The predicted molar refractivity (Wildman–Crippen MR) is 87.4 cm³/mol. The van der Waals surface area contributed by atoms with Gasteiger partial charge in [0.15, 0.2) is 0 Å². The first-order chi connectivity index (χ1) is 12.3. The number of pyridine rings is 1. The van der Waals surface area contributed by atoms with Crippen LogP contribution < -0.4 is 0 Å². The zero-order valence-corrected chi connectivity index (χ0v) is 14.6. The van der Waals surface area contributed by atoms with Gasteiger partial charge in [0.2, 0.25) is 5.91 Å². The van der Waals surface area contributed by atoms with E-state index in [-0.39, 0.29) is 34.5 Å². The van der Waals surface area contributed by atoms with Crippen molar-refractivity contribution < 1.29 is 22.5 Å². The van der Waals surface area contributed by atoms with E-state index in [0.717, 1.165) is 12.5 Å². The summed E-state index contributed by atoms with van der Waals surface area (Å²) in [5.74, 6) is 0.649. The summed E-state index contributed by atoms with van der Waals surface area (Å²) in [5, 5.41) is 3.56. The summed E-state index contributed by atoms with van der Waals surface area (Å²) in [6.07, 6.45) is -2.34. The average Bonchev–Trinajstić information content (AvgIpc) is 3.22. The van der Waals surface area contributed by atoms with Crippen LogP contribution in [0, 0.1) is 18.8 Å². The number of piperidine rings is 1. The number of aryl methyl sites for hydroxylation is 1. The maximum absolute atomic E-state index is 13.5. The molecule has 1 saturated heterocycles. The third-order valence-electron chi connectivity index (χ3n) is 5.59. The van der Waals surface area contributed by atoms with E-state index in [9.17, 15) is 18.0 Å². The normalized spacial score (nSPS) is 24.3. The summed E-state index contributed by atoms with van der Waals surface area (Å²) in [7, 11) is 0. The zero-order valence-electron chi connectivity index (χ0n) is 14.6. The first-order valence-corrected chi connectivity index (χ1v) is 8.88. The van der Waals surface area contributed by atoms with Crippen LogP contribution in [0.3, 0.4) is 0 Å². The van der Waals surface area contributed by atoms with E-state index in [1.165, 1.54) is 6.92 Å². The van der Waals surface area contributed by atoms with E-state index in [1.807, 2.05) is 4.90 Å². The molecule has 0 spiro atoms. The van der Waals surface area contributed by atoms with Crippen molar-refractivity contribution in [1.29, 1.82) is 0 Å². The molecule has 0 N–H and O–H groups in total. The quantitative estimate of drug-likeness (QED) is 0.807. The summed E-state index contributed by atoms with van der Waals surface area (Å²) in [5.41, 5.74) is -0.266. The molecule has 0 aromatic carbocycles. The molecule has 1 aliphatic carbocycles. The first kappa shape index (κ1) is 17.3. The number of nitrogens with zero attached hydrogens (tertiary/aromatic N) is 3. The summed E-state index contributed by atoms with van der Waals surface area (Å²) < 4.78 is 45.4. The van der Waals surface area contributed by atoms with Gasteiger partial charge in [0, 0.05) is 30.6 Å². The van der Waals surface area contributed by atoms with Crippen molar-refractivity contribution in [3.8, 4) is 0 Å². The minimum absolute atomic E-state index is 0.0716. The number of amides is 1. The summed E-state index contributed by atoms with van der Waals surface area (Å²) in [6, 6.07) is 1.12. The van der Waals surface area contributed by atoms with Crippen molar-refractivity contribution in [2.75, 3.05) is 13.1 Å². The summed E-state index contributed by atoms with van der Waals surface area (Å²) in [4.78, 5) is 18.4. The van der Waals surface area contributed by atoms with Gasteiger partial charge in [-0.2, -0.15) is 13.2 Å². The maximum atomic E-state index is 13.5. The predicted octanol–water partition coefficient (Wildman–Crippen LogP) is 3.91. The van der Waals surface area contributed by atoms with Crippen molar-refractivity contribution in [1.82, 2.24) is 15.0 Å². The Hall–Kier alpha value is -2.12. The zero-order chi connectivity index (χ0) is 18.6. The molecular formula is C18H20F3N3O2. The Morgan fingerprint density at radius 2 is 1.96 bits per heavy atom. The van der Waals surface area contributed by atoms with Crippen LogP contribution in [-0.4, -0.2) is 34.0 Å². The fraction of sp³-hybridized carbons (Fsp3) is 0.611. The van der Waals surface area contributed by atoms with Gasteiger partial charge < -0.3 is 9.42 Å². The van der Waals surface area contributed by atoms with E-state index in [4.69, 9.17) is 4.52 Å². The molecule has 1 amide bonds. The molecule has 0 radical (unpaired) electrons. The second-order valence-corrected chi connectivity index (χ2v) is 7.46. The van der Waals surface area contributed by atoms with E-state index >= 15 is 0 Å². The molecule has 8 heteroatoms. The topological polar surface area (TPSA) is 59.2 Å². The van der Waals surface area contributed by atoms with Crippen molar-refractivity contribution in [3.05, 3.63) is 23.0 Å². The molecule has 0 bridgehead atoms. The number of likely N-dealkylation sites (tertiary alicyclic amines) is 1. The standard InChI is InChI=1S/C18H20F3N3O2/c1-9-7-12(9)17(25)24-5-3-11(4-6-24)14-8-13(18(19,20)21)15-10(2)23-26-16(15)22-14/h8-9,11-12H,3-7H2,1-2H3/t9-,12-/m0/s1. The first-order valence-electron chi connectivity index (χ1n) is 8.88. The van der Waals surface area contributed by atoms with Gasteiger partial charge in [-0.05, 0) is 38.2 Å². The molecule has 2 atom stereocenters. The maximum Gasteiger partial charge on any atom is 0.417 e. The van der Waals surface area contributed by atoms with Crippen LogP contribution in [0.25, 0.3) is 11.1 Å². The Bertz CT molecular complexity index is 853. The molecule has 140 valence electrons. The van der Waals surface area contributed by atoms with E-state index in [0.29, 0.717) is 37.5 Å². The number of aromatic nitrogens is 2. The van der Waals surface area contributed by atoms with Crippen LogP contribution in [0.15, 0.2) is 10.6 Å². The van der Waals surface area contributed by atoms with Crippen LogP contribution in [0.4, 0.5) is 13.2 Å². The number of hydrogen-bond acceptors (Lipinski definition) is 4. The Labute approximate surface area is 148 Å². The summed E-state index contributed by atoms with van der Waals surface area (Å²) in [6.45, 7) is 4.66. The molecule has 2 aromatic heterocycles. The molecule has 2 aliphatic rings. The highest BCUT2D eigenvalue weighted by molar-refractivity contribution is 5.82. The van der Waals surface area contributed by atoms with Crippen LogP contribution in [0.2, 0.25) is 0 Å². The molecule has 1 aliphatic heterocycles. The highest BCUT2D eigenvalue weighted by atomic mass is 19.4. The van der Waals surface area contributed by atoms with Gasteiger partial charge >= 0.3 is 6.18 Å². The van der Waals surface area contributed by atoms with Gasteiger partial charge in [-0.1, -0.05) is 12.1 Å². The molecule has 2 fully saturated rings. The molecule has 0 unspecified atom stereocenters. The highest BCUT2D eigenvalue weighted by Gasteiger charge is 2.42. The Morgan fingerprint density at radius 3 is 2.54 bits per heavy atom. The van der Waals surface area contributed by atoms with Crippen molar-refractivity contribution in [2.24, 2.45) is 11.8 Å². The van der Waals surface area contributed by atoms with Gasteiger partial charge in [0.05, 0.1) is 16.6 Å². The number of hydrogen-bond donors (Lipinski definition) is 0. The number of fused-ring (bicyclic) bond motifs is 1. The summed E-state index contributed by atoms with van der Waals surface area (Å²) >= 11 is 0. The van der Waals surface area contributed by atoms with Gasteiger partial charge in [-0.3, -0.25) is 4.79 Å². The fourth-order valence-corrected chi connectivity index (χ4v) is 3.84. The average molecular weight is 367 g/mol. The Kier molecular flexibility index (Phi) is 3.96. The van der Waals surface area contributed by atoms with Gasteiger partial charge in [0.1, 0.15) is 0 Å². The third kappa shape index (κ3) is 2.95. The number of carbonyl (C=O) groups is 1. The van der Waals surface area contributed by atoms with Gasteiger partial charge in [-0.25, -0.2) is 4.98 Å². The molecular weight excluding hydrogens is 347 g/mol. The second kappa shape index (κ2) is 5.96. The van der Waals surface area contributed by atoms with Gasteiger partial charge in [0.25, 0.3) is 5.71 Å². The number of alkyl halides is 3. The second-order valence-electron chi connectivity index (χ2n) is 7.46. The lowest BCUT2D eigenvalue weighted by atomic mass is 9.91. The smallest absolute Gasteiger partial charge is 0.342 e. The molecule has 4 rings (SSSR count). The SMILES string of the molecule is Cc1noc2nc(C3CCN(C(=O)[C@H]4C[C@@H]4C)CC3)cc(C(F)(F)F)c12. The van der Waals surface area contributed by atoms with Crippen LogP contribution in [0.1, 0.15) is 49.1 Å². The van der Waals surface area contributed by atoms with Crippen molar-refractivity contribution in [3.63, 3.8) is 0 Å². The largest absolute Gasteiger partial charge is 0.417 e. The van der Waals surface area contributed by atoms with Crippen LogP contribution >= 0.6 is 0 Å². The number of halogens is 3. The molecule has 26 heavy (non-hydrogen) atoms. The fourth-order valence-electron chi connectivity index (χ4n) is 3.84. The van der Waals surface area contributed by atoms with E-state index in [2.05, 4.69) is 17.1 Å².